The van der Waals surface area contributed by atoms with Crippen LogP contribution >= 0.6 is 0 Å². The number of anilines is 1. The van der Waals surface area contributed by atoms with E-state index in [1.54, 1.807) is 0 Å². The molecule has 0 aliphatic rings. The molecule has 0 aliphatic carbocycles. The Bertz CT molecular complexity index is 389. The summed E-state index contributed by atoms with van der Waals surface area (Å²) in [6, 6.07) is 8.19. The predicted octanol–water partition coefficient (Wildman–Crippen LogP) is 2.83. The predicted molar refractivity (Wildman–Crippen MR) is 81.2 cm³/mol. The summed E-state index contributed by atoms with van der Waals surface area (Å²) in [6.45, 7) is 3.70. The van der Waals surface area contributed by atoms with E-state index in [1.165, 1.54) is 5.56 Å². The number of aliphatic carboxylic acids is 1. The van der Waals surface area contributed by atoms with Crippen LogP contribution in [-0.2, 0) is 4.79 Å². The van der Waals surface area contributed by atoms with E-state index in [-0.39, 0.29) is 13.0 Å². The van der Waals surface area contributed by atoms with Crippen LogP contribution in [0.5, 0.6) is 0 Å². The molecule has 1 aromatic rings. The number of rotatable bonds is 10. The van der Waals surface area contributed by atoms with E-state index in [2.05, 4.69) is 17.0 Å². The molecule has 4 heteroatoms. The molecular weight excluding hydrogens is 254 g/mol. The highest BCUT2D eigenvalue weighted by molar-refractivity contribution is 5.67. The molecule has 4 nitrogen and oxygen atoms in total. The summed E-state index contributed by atoms with van der Waals surface area (Å²) in [5, 5.41) is 17.6. The lowest BCUT2D eigenvalue weighted by molar-refractivity contribution is -0.136. The topological polar surface area (TPSA) is 60.8 Å². The van der Waals surface area contributed by atoms with Gasteiger partial charge < -0.3 is 15.1 Å². The minimum atomic E-state index is -0.762. The van der Waals surface area contributed by atoms with Gasteiger partial charge in [-0.3, -0.25) is 4.79 Å². The second-order valence-corrected chi connectivity index (χ2v) is 5.10. The zero-order valence-electron chi connectivity index (χ0n) is 12.2. The Kier molecular flexibility index (Phi) is 7.73. The Labute approximate surface area is 121 Å². The Morgan fingerprint density at radius 3 is 2.30 bits per heavy atom. The molecule has 0 saturated heterocycles. The molecule has 0 bridgehead atoms. The maximum Gasteiger partial charge on any atom is 0.305 e. The van der Waals surface area contributed by atoms with Gasteiger partial charge in [0.2, 0.25) is 0 Å². The van der Waals surface area contributed by atoms with Gasteiger partial charge in [-0.15, -0.1) is 0 Å². The third-order valence-electron chi connectivity index (χ3n) is 3.33. The number of nitrogens with zero attached hydrogens (tertiary/aromatic N) is 1. The zero-order chi connectivity index (χ0) is 14.8. The first-order chi connectivity index (χ1) is 9.63. The summed E-state index contributed by atoms with van der Waals surface area (Å²) in [6.07, 6.45) is 4.12. The quantitative estimate of drug-likeness (QED) is 0.647. The van der Waals surface area contributed by atoms with Gasteiger partial charge in [-0.1, -0.05) is 30.5 Å². The first-order valence-corrected chi connectivity index (χ1v) is 7.27. The fraction of sp³-hybridized carbons (Fsp3) is 0.562. The first kappa shape index (κ1) is 16.5. The summed E-state index contributed by atoms with van der Waals surface area (Å²) >= 11 is 0. The molecule has 0 fully saturated rings. The van der Waals surface area contributed by atoms with Crippen molar-refractivity contribution in [2.24, 2.45) is 0 Å². The van der Waals surface area contributed by atoms with Crippen molar-refractivity contribution in [2.45, 2.75) is 39.0 Å². The molecule has 0 spiro atoms. The molecule has 0 aliphatic heterocycles. The van der Waals surface area contributed by atoms with Gasteiger partial charge in [0.15, 0.2) is 0 Å². The fourth-order valence-corrected chi connectivity index (χ4v) is 2.12. The van der Waals surface area contributed by atoms with Crippen molar-refractivity contribution in [3.63, 3.8) is 0 Å². The molecule has 0 aromatic heterocycles. The van der Waals surface area contributed by atoms with E-state index in [9.17, 15) is 4.79 Å². The standard InChI is InChI=1S/C16H25NO3/c1-14-6-8-15(9-7-14)17(12-10-16(19)20)11-4-2-3-5-13-18/h6-9,18H,2-5,10-13H2,1H3,(H,19,20). The van der Waals surface area contributed by atoms with Crippen LogP contribution in [0.1, 0.15) is 37.7 Å². The highest BCUT2D eigenvalue weighted by Crippen LogP contribution is 2.16. The van der Waals surface area contributed by atoms with Crippen LogP contribution in [0.2, 0.25) is 0 Å². The molecule has 1 aromatic carbocycles. The lowest BCUT2D eigenvalue weighted by Crippen LogP contribution is -2.27. The zero-order valence-corrected chi connectivity index (χ0v) is 12.2. The number of benzene rings is 1. The van der Waals surface area contributed by atoms with E-state index in [4.69, 9.17) is 10.2 Å². The van der Waals surface area contributed by atoms with Crippen LogP contribution in [0.15, 0.2) is 24.3 Å². The number of carbonyl (C=O) groups is 1. The molecule has 1 rings (SSSR count). The van der Waals surface area contributed by atoms with Crippen molar-refractivity contribution in [3.8, 4) is 0 Å². The average Bonchev–Trinajstić information content (AvgIpc) is 2.43. The maximum atomic E-state index is 10.7. The molecule has 20 heavy (non-hydrogen) atoms. The Morgan fingerprint density at radius 2 is 1.70 bits per heavy atom. The van der Waals surface area contributed by atoms with E-state index in [0.29, 0.717) is 6.54 Å². The van der Waals surface area contributed by atoms with Gasteiger partial charge in [-0.2, -0.15) is 0 Å². The van der Waals surface area contributed by atoms with E-state index < -0.39 is 5.97 Å². The number of carboxylic acids is 1. The van der Waals surface area contributed by atoms with Crippen LogP contribution in [-0.4, -0.2) is 35.9 Å². The van der Waals surface area contributed by atoms with Crippen molar-refractivity contribution >= 4 is 11.7 Å². The van der Waals surface area contributed by atoms with Gasteiger partial charge >= 0.3 is 5.97 Å². The fourth-order valence-electron chi connectivity index (χ4n) is 2.12. The smallest absolute Gasteiger partial charge is 0.305 e. The summed E-state index contributed by atoms with van der Waals surface area (Å²) < 4.78 is 0. The Hall–Kier alpha value is -1.55. The van der Waals surface area contributed by atoms with Gasteiger partial charge in [-0.25, -0.2) is 0 Å². The van der Waals surface area contributed by atoms with Crippen molar-refractivity contribution in [1.82, 2.24) is 0 Å². The summed E-state index contributed by atoms with van der Waals surface area (Å²) in [7, 11) is 0. The molecule has 0 saturated carbocycles. The largest absolute Gasteiger partial charge is 0.481 e. The number of aliphatic hydroxyl groups is 1. The number of aryl methyl sites for hydroxylation is 1. The minimum Gasteiger partial charge on any atom is -0.481 e. The maximum absolute atomic E-state index is 10.7. The average molecular weight is 279 g/mol. The monoisotopic (exact) mass is 279 g/mol. The van der Waals surface area contributed by atoms with Crippen molar-refractivity contribution in [1.29, 1.82) is 0 Å². The highest BCUT2D eigenvalue weighted by atomic mass is 16.4. The Balaban J connectivity index is 2.51. The normalized spacial score (nSPS) is 10.5. The van der Waals surface area contributed by atoms with Crippen molar-refractivity contribution < 1.29 is 15.0 Å². The lowest BCUT2D eigenvalue weighted by atomic mass is 10.1. The van der Waals surface area contributed by atoms with Crippen LogP contribution in [0, 0.1) is 6.92 Å². The second kappa shape index (κ2) is 9.37. The van der Waals surface area contributed by atoms with E-state index >= 15 is 0 Å². The van der Waals surface area contributed by atoms with E-state index in [1.807, 2.05) is 19.1 Å². The third kappa shape index (κ3) is 6.57. The van der Waals surface area contributed by atoms with Crippen LogP contribution in [0.4, 0.5) is 5.69 Å². The summed E-state index contributed by atoms with van der Waals surface area (Å²) in [4.78, 5) is 12.9. The molecule has 0 atom stereocenters. The lowest BCUT2D eigenvalue weighted by Gasteiger charge is -2.24. The van der Waals surface area contributed by atoms with Crippen LogP contribution < -0.4 is 4.90 Å². The van der Waals surface area contributed by atoms with Crippen molar-refractivity contribution in [2.75, 3.05) is 24.6 Å². The molecule has 2 N–H and O–H groups in total. The van der Waals surface area contributed by atoms with Crippen molar-refractivity contribution in [3.05, 3.63) is 29.8 Å². The molecule has 112 valence electrons. The van der Waals surface area contributed by atoms with Gasteiger partial charge in [0.25, 0.3) is 0 Å². The van der Waals surface area contributed by atoms with Gasteiger partial charge in [0.05, 0.1) is 6.42 Å². The van der Waals surface area contributed by atoms with E-state index in [0.717, 1.165) is 37.9 Å². The summed E-state index contributed by atoms with van der Waals surface area (Å²) in [5.74, 6) is -0.762. The SMILES string of the molecule is Cc1ccc(N(CCCCCCO)CCC(=O)O)cc1. The highest BCUT2D eigenvalue weighted by Gasteiger charge is 2.08. The third-order valence-corrected chi connectivity index (χ3v) is 3.33. The molecule has 0 radical (unpaired) electrons. The van der Waals surface area contributed by atoms with Gasteiger partial charge in [0, 0.05) is 25.4 Å². The molecule has 0 unspecified atom stereocenters. The van der Waals surface area contributed by atoms with Gasteiger partial charge in [0.1, 0.15) is 0 Å². The van der Waals surface area contributed by atoms with Crippen LogP contribution in [0.25, 0.3) is 0 Å². The number of aliphatic hydroxyl groups excluding tert-OH is 1. The first-order valence-electron chi connectivity index (χ1n) is 7.27. The van der Waals surface area contributed by atoms with Gasteiger partial charge in [-0.05, 0) is 31.9 Å². The number of hydrogen-bond acceptors (Lipinski definition) is 3. The van der Waals surface area contributed by atoms with Crippen LogP contribution in [0.3, 0.4) is 0 Å². The number of carboxylic acid groups (broad SMARTS) is 1. The minimum absolute atomic E-state index is 0.157. The summed E-state index contributed by atoms with van der Waals surface area (Å²) in [5.41, 5.74) is 2.29. The molecule has 0 amide bonds. The number of unbranched alkanes of at least 4 members (excludes halogenated alkanes) is 3. The molecular formula is C16H25NO3. The molecule has 0 heterocycles. The Morgan fingerprint density at radius 1 is 1.05 bits per heavy atom. The second-order valence-electron chi connectivity index (χ2n) is 5.10. The number of hydrogen-bond donors (Lipinski definition) is 2.